The second kappa shape index (κ2) is 9.17. The third kappa shape index (κ3) is 5.73. The average Bonchev–Trinajstić information content (AvgIpc) is 3.22. The molecule has 2 aromatic heterocycles. The Labute approximate surface area is 178 Å². The molecule has 158 valence electrons. The van der Waals surface area contributed by atoms with Gasteiger partial charge in [0.2, 0.25) is 11.8 Å². The van der Waals surface area contributed by atoms with E-state index >= 15 is 0 Å². The fourth-order valence-corrected chi connectivity index (χ4v) is 3.39. The summed E-state index contributed by atoms with van der Waals surface area (Å²) in [5.41, 5.74) is 0. The maximum absolute atomic E-state index is 11.0. The number of aromatic nitrogens is 2. The van der Waals surface area contributed by atoms with E-state index in [0.717, 1.165) is 17.2 Å². The van der Waals surface area contributed by atoms with Crippen molar-refractivity contribution in [2.75, 3.05) is 13.2 Å². The molecule has 1 fully saturated rings. The minimum Gasteiger partial charge on any atom is -0.493 e. The van der Waals surface area contributed by atoms with Gasteiger partial charge in [0, 0.05) is 13.0 Å². The van der Waals surface area contributed by atoms with Gasteiger partial charge in [0.1, 0.15) is 29.2 Å². The molecule has 0 bridgehead atoms. The topological polar surface area (TPSA) is 95.7 Å². The van der Waals surface area contributed by atoms with Gasteiger partial charge in [-0.15, -0.1) is 0 Å². The molecule has 1 amide bonds. The lowest BCUT2D eigenvalue weighted by Gasteiger charge is -2.11. The van der Waals surface area contributed by atoms with Crippen molar-refractivity contribution in [1.29, 1.82) is 0 Å². The van der Waals surface area contributed by atoms with Crippen molar-refractivity contribution in [3.63, 3.8) is 0 Å². The van der Waals surface area contributed by atoms with Crippen LogP contribution in [0.25, 0.3) is 10.8 Å². The predicted molar refractivity (Wildman–Crippen MR) is 111 cm³/mol. The number of ether oxygens (including phenoxy) is 3. The Bertz CT molecular complexity index is 998. The van der Waals surface area contributed by atoms with Crippen LogP contribution in [-0.4, -0.2) is 35.1 Å². The summed E-state index contributed by atoms with van der Waals surface area (Å²) in [4.78, 5) is 20.3. The molecular formula is C21H23N3O5S. The Kier molecular flexibility index (Phi) is 6.18. The van der Waals surface area contributed by atoms with Gasteiger partial charge in [0.05, 0.1) is 18.8 Å². The number of oxazole rings is 1. The Hall–Kier alpha value is -3.07. The fourth-order valence-electron chi connectivity index (χ4n) is 2.67. The molecule has 1 aliphatic carbocycles. The van der Waals surface area contributed by atoms with Gasteiger partial charge in [-0.05, 0) is 37.8 Å². The number of carbonyl (C=O) groups excluding carboxylic acids is 1. The van der Waals surface area contributed by atoms with Gasteiger partial charge in [-0.3, -0.25) is 4.79 Å². The molecule has 0 aliphatic heterocycles. The highest BCUT2D eigenvalue weighted by atomic mass is 32.1. The Balaban J connectivity index is 1.33. The van der Waals surface area contributed by atoms with Gasteiger partial charge in [0.15, 0.2) is 0 Å². The van der Waals surface area contributed by atoms with E-state index in [-0.39, 0.29) is 24.5 Å². The van der Waals surface area contributed by atoms with Crippen LogP contribution in [0.1, 0.15) is 26.7 Å². The molecule has 0 saturated heterocycles. The van der Waals surface area contributed by atoms with Crippen molar-refractivity contribution < 1.29 is 23.4 Å². The molecule has 2 heterocycles. The van der Waals surface area contributed by atoms with Crippen molar-refractivity contribution in [2.45, 2.75) is 32.7 Å². The molecule has 30 heavy (non-hydrogen) atoms. The van der Waals surface area contributed by atoms with Gasteiger partial charge < -0.3 is 23.9 Å². The Morgan fingerprint density at radius 3 is 2.90 bits per heavy atom. The first kappa shape index (κ1) is 20.2. The monoisotopic (exact) mass is 429 g/mol. The summed E-state index contributed by atoms with van der Waals surface area (Å²) in [5, 5.41) is 3.22. The highest BCUT2D eigenvalue weighted by Gasteiger charge is 2.22. The quantitative estimate of drug-likeness (QED) is 0.514. The average molecular weight is 429 g/mol. The van der Waals surface area contributed by atoms with Gasteiger partial charge in [0.25, 0.3) is 5.19 Å². The molecule has 8 nitrogen and oxygen atoms in total. The number of nitrogens with one attached hydrogen (secondary N) is 1. The second-order valence-corrected chi connectivity index (χ2v) is 8.21. The number of hydrogen-bond donors (Lipinski definition) is 1. The van der Waals surface area contributed by atoms with E-state index in [2.05, 4.69) is 15.3 Å². The number of thiazole rings is 1. The van der Waals surface area contributed by atoms with Crippen LogP contribution in [0.3, 0.4) is 0 Å². The zero-order chi connectivity index (χ0) is 20.9. The van der Waals surface area contributed by atoms with Crippen molar-refractivity contribution in [1.82, 2.24) is 15.3 Å². The van der Waals surface area contributed by atoms with Crippen LogP contribution in [0, 0.1) is 5.92 Å². The number of hydrogen-bond acceptors (Lipinski definition) is 8. The lowest BCUT2D eigenvalue weighted by atomic mass is 10.3. The Morgan fingerprint density at radius 1 is 1.27 bits per heavy atom. The maximum atomic E-state index is 11.0. The zero-order valence-corrected chi connectivity index (χ0v) is 17.6. The Morgan fingerprint density at radius 2 is 2.10 bits per heavy atom. The van der Waals surface area contributed by atoms with Crippen LogP contribution in [-0.2, 0) is 4.79 Å². The van der Waals surface area contributed by atoms with Crippen LogP contribution in [0.5, 0.6) is 22.6 Å². The summed E-state index contributed by atoms with van der Waals surface area (Å²) < 4.78 is 22.8. The number of nitrogens with zero attached hydrogens (tertiary/aromatic N) is 2. The lowest BCUT2D eigenvalue weighted by molar-refractivity contribution is -0.119. The summed E-state index contributed by atoms with van der Waals surface area (Å²) in [6.07, 6.45) is 5.64. The predicted octanol–water partition coefficient (Wildman–Crippen LogP) is 4.28. The highest BCUT2D eigenvalue weighted by Crippen LogP contribution is 2.35. The SMILES string of the molecule is CC(=O)N[C@@H](C)COc1cnc(-c2cnc(Oc3cccc(OCC4CC4)c3)s2)o1. The zero-order valence-electron chi connectivity index (χ0n) is 16.8. The molecule has 1 N–H and O–H groups in total. The first-order valence-corrected chi connectivity index (χ1v) is 10.6. The van der Waals surface area contributed by atoms with Crippen LogP contribution in [0.4, 0.5) is 0 Å². The molecule has 1 saturated carbocycles. The van der Waals surface area contributed by atoms with Gasteiger partial charge in [-0.25, -0.2) is 9.97 Å². The third-order valence-electron chi connectivity index (χ3n) is 4.30. The minimum absolute atomic E-state index is 0.110. The molecule has 9 heteroatoms. The molecule has 0 spiro atoms. The van der Waals surface area contributed by atoms with E-state index in [1.54, 1.807) is 6.20 Å². The summed E-state index contributed by atoms with van der Waals surface area (Å²) in [5.74, 6) is 2.71. The lowest BCUT2D eigenvalue weighted by Crippen LogP contribution is -2.35. The number of amides is 1. The molecule has 1 atom stereocenters. The van der Waals surface area contributed by atoms with E-state index in [1.807, 2.05) is 31.2 Å². The number of carbonyl (C=O) groups is 1. The first-order valence-electron chi connectivity index (χ1n) is 9.78. The van der Waals surface area contributed by atoms with Crippen LogP contribution < -0.4 is 19.5 Å². The fraction of sp³-hybridized carbons (Fsp3) is 0.381. The summed E-state index contributed by atoms with van der Waals surface area (Å²) in [7, 11) is 0. The molecular weight excluding hydrogens is 406 g/mol. The summed E-state index contributed by atoms with van der Waals surface area (Å²) in [6, 6.07) is 7.40. The second-order valence-electron chi connectivity index (χ2n) is 7.22. The number of rotatable bonds is 10. The third-order valence-corrected chi connectivity index (χ3v) is 5.16. The molecule has 0 radical (unpaired) electrons. The van der Waals surface area contributed by atoms with Crippen molar-refractivity contribution in [3.05, 3.63) is 36.7 Å². The smallest absolute Gasteiger partial charge is 0.305 e. The molecule has 4 rings (SSSR count). The molecule has 3 aromatic rings. The standard InChI is InChI=1S/C21H23N3O5S/c1-13(24-14(2)25)11-27-19-10-22-20(29-19)18-9-23-21(30-18)28-17-5-3-4-16(8-17)26-12-15-6-7-15/h3-5,8-10,13,15H,6-7,11-12H2,1-2H3,(H,24,25)/t13-/m0/s1. The first-order chi connectivity index (χ1) is 14.5. The molecule has 0 unspecified atom stereocenters. The minimum atomic E-state index is -0.136. The molecule has 1 aliphatic rings. The van der Waals surface area contributed by atoms with Crippen LogP contribution in [0.15, 0.2) is 41.1 Å². The highest BCUT2D eigenvalue weighted by molar-refractivity contribution is 7.16. The van der Waals surface area contributed by atoms with Gasteiger partial charge in [-0.2, -0.15) is 0 Å². The summed E-state index contributed by atoms with van der Waals surface area (Å²) >= 11 is 1.32. The van der Waals surface area contributed by atoms with E-state index < -0.39 is 0 Å². The van der Waals surface area contributed by atoms with E-state index in [1.165, 1.54) is 37.3 Å². The maximum Gasteiger partial charge on any atom is 0.305 e. The van der Waals surface area contributed by atoms with E-state index in [0.29, 0.717) is 22.8 Å². The van der Waals surface area contributed by atoms with E-state index in [4.69, 9.17) is 18.6 Å². The van der Waals surface area contributed by atoms with Crippen molar-refractivity contribution >= 4 is 17.2 Å². The van der Waals surface area contributed by atoms with Crippen molar-refractivity contribution in [3.8, 4) is 33.4 Å². The normalized spacial score (nSPS) is 14.2. The van der Waals surface area contributed by atoms with E-state index in [9.17, 15) is 4.79 Å². The van der Waals surface area contributed by atoms with Gasteiger partial charge in [-0.1, -0.05) is 17.4 Å². The van der Waals surface area contributed by atoms with Gasteiger partial charge >= 0.3 is 5.95 Å². The number of benzene rings is 1. The molecule has 1 aromatic carbocycles. The van der Waals surface area contributed by atoms with Crippen molar-refractivity contribution in [2.24, 2.45) is 5.92 Å². The largest absolute Gasteiger partial charge is 0.493 e. The van der Waals surface area contributed by atoms with Crippen LogP contribution >= 0.6 is 11.3 Å². The summed E-state index contributed by atoms with van der Waals surface area (Å²) in [6.45, 7) is 4.34. The van der Waals surface area contributed by atoms with Crippen LogP contribution in [0.2, 0.25) is 0 Å².